The smallest absolute Gasteiger partial charge is 0.0128 e. The van der Waals surface area contributed by atoms with E-state index in [1.54, 1.807) is 0 Å². The third-order valence-electron chi connectivity index (χ3n) is 2.24. The van der Waals surface area contributed by atoms with Gasteiger partial charge in [0.15, 0.2) is 0 Å². The second kappa shape index (κ2) is 2.89. The number of nitrogens with two attached hydrogens (primary N) is 1. The molecule has 0 bridgehead atoms. The van der Waals surface area contributed by atoms with Crippen LogP contribution in [-0.4, -0.2) is 18.6 Å². The van der Waals surface area contributed by atoms with Gasteiger partial charge in [0.2, 0.25) is 0 Å². The lowest BCUT2D eigenvalue weighted by Gasteiger charge is -2.16. The van der Waals surface area contributed by atoms with Gasteiger partial charge in [-0.2, -0.15) is 0 Å². The molecule has 1 aliphatic rings. The Bertz CT molecular complexity index is 110. The van der Waals surface area contributed by atoms with Crippen molar-refractivity contribution < 1.29 is 0 Å². The van der Waals surface area contributed by atoms with E-state index in [-0.39, 0.29) is 0 Å². The van der Waals surface area contributed by atoms with Crippen LogP contribution in [0.1, 0.15) is 26.7 Å². The Morgan fingerprint density at radius 1 is 1.60 bits per heavy atom. The molecular formula is C8H18N2. The average molecular weight is 142 g/mol. The van der Waals surface area contributed by atoms with Crippen LogP contribution in [0.15, 0.2) is 0 Å². The van der Waals surface area contributed by atoms with E-state index in [1.165, 1.54) is 12.8 Å². The molecule has 0 aromatic carbocycles. The molecule has 10 heavy (non-hydrogen) atoms. The standard InChI is InChI=1S/C8H18N2/c1-8(2)5-7(3-4-9)6-10-8/h7,10H,3-6,9H2,1-2H3/t7-/m0/s1. The van der Waals surface area contributed by atoms with Crippen LogP contribution in [-0.2, 0) is 0 Å². The lowest BCUT2D eigenvalue weighted by molar-refractivity contribution is 0.435. The molecule has 1 atom stereocenters. The molecular weight excluding hydrogens is 124 g/mol. The minimum atomic E-state index is 0.361. The zero-order valence-electron chi connectivity index (χ0n) is 6.98. The van der Waals surface area contributed by atoms with Crippen molar-refractivity contribution in [3.8, 4) is 0 Å². The van der Waals surface area contributed by atoms with Crippen molar-refractivity contribution in [2.24, 2.45) is 11.7 Å². The molecule has 1 saturated heterocycles. The lowest BCUT2D eigenvalue weighted by Crippen LogP contribution is -2.31. The van der Waals surface area contributed by atoms with Crippen LogP contribution in [0.25, 0.3) is 0 Å². The summed E-state index contributed by atoms with van der Waals surface area (Å²) >= 11 is 0. The topological polar surface area (TPSA) is 38.0 Å². The molecule has 60 valence electrons. The highest BCUT2D eigenvalue weighted by atomic mass is 15.0. The Hall–Kier alpha value is -0.0800. The number of hydrogen-bond donors (Lipinski definition) is 2. The first-order valence-corrected chi connectivity index (χ1v) is 4.09. The SMILES string of the molecule is CC1(C)C[C@H](CCN)CN1. The van der Waals surface area contributed by atoms with Crippen LogP contribution in [0.2, 0.25) is 0 Å². The summed E-state index contributed by atoms with van der Waals surface area (Å²) in [6, 6.07) is 0. The fourth-order valence-corrected chi connectivity index (χ4v) is 1.73. The highest BCUT2D eigenvalue weighted by Crippen LogP contribution is 2.24. The van der Waals surface area contributed by atoms with Crippen molar-refractivity contribution in [3.63, 3.8) is 0 Å². The Kier molecular flexibility index (Phi) is 2.32. The van der Waals surface area contributed by atoms with Crippen LogP contribution >= 0.6 is 0 Å². The van der Waals surface area contributed by atoms with Crippen LogP contribution in [0.4, 0.5) is 0 Å². The van der Waals surface area contributed by atoms with E-state index in [9.17, 15) is 0 Å². The zero-order valence-corrected chi connectivity index (χ0v) is 6.98. The van der Waals surface area contributed by atoms with Crippen molar-refractivity contribution in [2.45, 2.75) is 32.2 Å². The molecule has 2 nitrogen and oxygen atoms in total. The molecule has 0 aliphatic carbocycles. The van der Waals surface area contributed by atoms with Gasteiger partial charge >= 0.3 is 0 Å². The summed E-state index contributed by atoms with van der Waals surface area (Å²) < 4.78 is 0. The van der Waals surface area contributed by atoms with E-state index < -0.39 is 0 Å². The maximum Gasteiger partial charge on any atom is 0.0128 e. The minimum absolute atomic E-state index is 0.361. The molecule has 1 fully saturated rings. The second-order valence-electron chi connectivity index (χ2n) is 3.91. The highest BCUT2D eigenvalue weighted by Gasteiger charge is 2.29. The van der Waals surface area contributed by atoms with E-state index in [4.69, 9.17) is 5.73 Å². The Labute approximate surface area is 63.2 Å². The van der Waals surface area contributed by atoms with Crippen LogP contribution < -0.4 is 11.1 Å². The van der Waals surface area contributed by atoms with Gasteiger partial charge in [0.05, 0.1) is 0 Å². The van der Waals surface area contributed by atoms with Crippen molar-refractivity contribution in [1.29, 1.82) is 0 Å². The lowest BCUT2D eigenvalue weighted by atomic mass is 9.95. The predicted octanol–water partition coefficient (Wildman–Crippen LogP) is 0.723. The van der Waals surface area contributed by atoms with Crippen molar-refractivity contribution >= 4 is 0 Å². The van der Waals surface area contributed by atoms with Gasteiger partial charge in [0.25, 0.3) is 0 Å². The van der Waals surface area contributed by atoms with Crippen LogP contribution in [0, 0.1) is 5.92 Å². The monoisotopic (exact) mass is 142 g/mol. The number of rotatable bonds is 2. The predicted molar refractivity (Wildman–Crippen MR) is 43.9 cm³/mol. The van der Waals surface area contributed by atoms with Gasteiger partial charge < -0.3 is 11.1 Å². The molecule has 2 heteroatoms. The third-order valence-corrected chi connectivity index (χ3v) is 2.24. The Morgan fingerprint density at radius 2 is 2.30 bits per heavy atom. The molecule has 0 spiro atoms. The Balaban J connectivity index is 2.29. The van der Waals surface area contributed by atoms with E-state index in [2.05, 4.69) is 19.2 Å². The summed E-state index contributed by atoms with van der Waals surface area (Å²) in [6.45, 7) is 6.50. The van der Waals surface area contributed by atoms with E-state index in [0.717, 1.165) is 19.0 Å². The summed E-state index contributed by atoms with van der Waals surface area (Å²) in [7, 11) is 0. The maximum atomic E-state index is 5.47. The number of hydrogen-bond acceptors (Lipinski definition) is 2. The first kappa shape index (κ1) is 8.02. The first-order valence-electron chi connectivity index (χ1n) is 4.09. The normalized spacial score (nSPS) is 30.9. The molecule has 0 unspecified atom stereocenters. The largest absolute Gasteiger partial charge is 0.330 e. The summed E-state index contributed by atoms with van der Waals surface area (Å²) in [5.74, 6) is 0.819. The van der Waals surface area contributed by atoms with Gasteiger partial charge in [-0.05, 0) is 45.7 Å². The molecule has 0 saturated carbocycles. The van der Waals surface area contributed by atoms with Gasteiger partial charge in [0, 0.05) is 5.54 Å². The average Bonchev–Trinajstić information content (AvgIpc) is 2.12. The summed E-state index contributed by atoms with van der Waals surface area (Å²) in [6.07, 6.45) is 2.46. The molecule has 0 aromatic heterocycles. The quantitative estimate of drug-likeness (QED) is 0.596. The highest BCUT2D eigenvalue weighted by molar-refractivity contribution is 4.89. The second-order valence-corrected chi connectivity index (χ2v) is 3.91. The van der Waals surface area contributed by atoms with Crippen LogP contribution in [0.5, 0.6) is 0 Å². The van der Waals surface area contributed by atoms with Gasteiger partial charge in [-0.1, -0.05) is 0 Å². The summed E-state index contributed by atoms with van der Waals surface area (Å²) in [5.41, 5.74) is 5.83. The molecule has 1 rings (SSSR count). The third kappa shape index (κ3) is 1.96. The van der Waals surface area contributed by atoms with Gasteiger partial charge in [0.1, 0.15) is 0 Å². The fourth-order valence-electron chi connectivity index (χ4n) is 1.73. The molecule has 0 amide bonds. The van der Waals surface area contributed by atoms with E-state index in [1.807, 2.05) is 0 Å². The molecule has 1 heterocycles. The summed E-state index contributed by atoms with van der Waals surface area (Å²) in [5, 5.41) is 3.48. The maximum absolute atomic E-state index is 5.47. The van der Waals surface area contributed by atoms with E-state index >= 15 is 0 Å². The van der Waals surface area contributed by atoms with E-state index in [0.29, 0.717) is 5.54 Å². The molecule has 1 aliphatic heterocycles. The van der Waals surface area contributed by atoms with Gasteiger partial charge in [-0.15, -0.1) is 0 Å². The van der Waals surface area contributed by atoms with Crippen molar-refractivity contribution in [2.75, 3.05) is 13.1 Å². The van der Waals surface area contributed by atoms with Gasteiger partial charge in [-0.3, -0.25) is 0 Å². The molecule has 0 radical (unpaired) electrons. The number of nitrogens with one attached hydrogen (secondary N) is 1. The minimum Gasteiger partial charge on any atom is -0.330 e. The Morgan fingerprint density at radius 3 is 2.70 bits per heavy atom. The molecule has 3 N–H and O–H groups in total. The molecule has 0 aromatic rings. The van der Waals surface area contributed by atoms with Crippen molar-refractivity contribution in [3.05, 3.63) is 0 Å². The zero-order chi connectivity index (χ0) is 7.61. The fraction of sp³-hybridized carbons (Fsp3) is 1.00. The van der Waals surface area contributed by atoms with Crippen LogP contribution in [0.3, 0.4) is 0 Å². The van der Waals surface area contributed by atoms with Crippen molar-refractivity contribution in [1.82, 2.24) is 5.32 Å². The van der Waals surface area contributed by atoms with Gasteiger partial charge in [-0.25, -0.2) is 0 Å². The first-order chi connectivity index (χ1) is 4.64. The summed E-state index contributed by atoms with van der Waals surface area (Å²) in [4.78, 5) is 0.